The summed E-state index contributed by atoms with van der Waals surface area (Å²) in [5, 5.41) is 14.2. The van der Waals surface area contributed by atoms with E-state index >= 15 is 0 Å². The zero-order valence-corrected chi connectivity index (χ0v) is 13.1. The highest BCUT2D eigenvalue weighted by molar-refractivity contribution is 5.90. The van der Waals surface area contributed by atoms with Crippen molar-refractivity contribution in [1.29, 1.82) is 0 Å². The minimum Gasteiger partial charge on any atom is -0.478 e. The second-order valence-electron chi connectivity index (χ2n) is 5.62. The molecule has 0 aliphatic rings. The van der Waals surface area contributed by atoms with Crippen LogP contribution in [0.15, 0.2) is 24.3 Å². The highest BCUT2D eigenvalue weighted by atomic mass is 16.4. The minimum atomic E-state index is -0.887. The van der Waals surface area contributed by atoms with E-state index in [0.29, 0.717) is 17.7 Å². The molecule has 2 rings (SSSR count). The smallest absolute Gasteiger partial charge is 0.339 e. The molecule has 1 aromatic heterocycles. The topological polar surface area (TPSA) is 55.1 Å². The molecule has 4 nitrogen and oxygen atoms in total. The number of aromatic carboxylic acids is 1. The summed E-state index contributed by atoms with van der Waals surface area (Å²) in [6.07, 6.45) is 1.56. The summed E-state index contributed by atoms with van der Waals surface area (Å²) in [5.74, 6) is -0.796. The molecule has 1 aromatic carbocycles. The Bertz CT molecular complexity index is 657. The van der Waals surface area contributed by atoms with Crippen molar-refractivity contribution in [1.82, 2.24) is 9.78 Å². The van der Waals surface area contributed by atoms with E-state index < -0.39 is 5.97 Å². The van der Waals surface area contributed by atoms with Gasteiger partial charge in [-0.1, -0.05) is 45.4 Å². The Hall–Kier alpha value is -2.10. The van der Waals surface area contributed by atoms with Gasteiger partial charge in [-0.3, -0.25) is 0 Å². The maximum atomic E-state index is 11.7. The largest absolute Gasteiger partial charge is 0.478 e. The third-order valence-corrected chi connectivity index (χ3v) is 3.58. The van der Waals surface area contributed by atoms with Gasteiger partial charge >= 0.3 is 5.97 Å². The molecule has 2 aromatic rings. The van der Waals surface area contributed by atoms with Gasteiger partial charge in [-0.25, -0.2) is 9.48 Å². The summed E-state index contributed by atoms with van der Waals surface area (Å²) in [7, 11) is 0. The van der Waals surface area contributed by atoms with Gasteiger partial charge in [0.2, 0.25) is 0 Å². The number of rotatable bonds is 5. The van der Waals surface area contributed by atoms with Crippen LogP contribution in [0.3, 0.4) is 0 Å². The lowest BCUT2D eigenvalue weighted by Crippen LogP contribution is -2.09. The standard InChI is InChI=1S/C17H22N2O2/c1-5-8-13-15(17(20)21)16(11(2)3)19(18-13)14-10-7-6-9-12(14)4/h6-7,9-11H,5,8H2,1-4H3,(H,20,21). The Morgan fingerprint density at radius 1 is 1.33 bits per heavy atom. The van der Waals surface area contributed by atoms with E-state index in [1.807, 2.05) is 56.6 Å². The van der Waals surface area contributed by atoms with Gasteiger partial charge in [0.05, 0.1) is 17.1 Å². The van der Waals surface area contributed by atoms with E-state index in [9.17, 15) is 9.90 Å². The number of carbonyl (C=O) groups is 1. The Morgan fingerprint density at radius 2 is 2.00 bits per heavy atom. The Balaban J connectivity index is 2.74. The molecule has 0 amide bonds. The Kier molecular flexibility index (Phi) is 4.46. The number of benzene rings is 1. The van der Waals surface area contributed by atoms with Crippen LogP contribution in [0.2, 0.25) is 0 Å². The summed E-state index contributed by atoms with van der Waals surface area (Å²) >= 11 is 0. The zero-order chi connectivity index (χ0) is 15.6. The first-order valence-electron chi connectivity index (χ1n) is 7.38. The normalized spacial score (nSPS) is 11.1. The first kappa shape index (κ1) is 15.3. The molecular formula is C17H22N2O2. The van der Waals surface area contributed by atoms with Crippen molar-refractivity contribution in [2.45, 2.75) is 46.5 Å². The average Bonchev–Trinajstić information content (AvgIpc) is 2.79. The first-order chi connectivity index (χ1) is 9.97. The molecule has 112 valence electrons. The monoisotopic (exact) mass is 286 g/mol. The van der Waals surface area contributed by atoms with Crippen molar-refractivity contribution >= 4 is 5.97 Å². The number of para-hydroxylation sites is 1. The fourth-order valence-electron chi connectivity index (χ4n) is 2.64. The molecule has 0 aliphatic carbocycles. The summed E-state index contributed by atoms with van der Waals surface area (Å²) in [5.41, 5.74) is 3.86. The lowest BCUT2D eigenvalue weighted by molar-refractivity contribution is 0.0694. The second-order valence-corrected chi connectivity index (χ2v) is 5.62. The molecule has 0 fully saturated rings. The number of hydrogen-bond acceptors (Lipinski definition) is 2. The van der Waals surface area contributed by atoms with Gasteiger partial charge in [-0.2, -0.15) is 5.10 Å². The molecule has 0 spiro atoms. The van der Waals surface area contributed by atoms with Gasteiger partial charge in [0.25, 0.3) is 0 Å². The highest BCUT2D eigenvalue weighted by Crippen LogP contribution is 2.28. The van der Waals surface area contributed by atoms with E-state index in [1.165, 1.54) is 0 Å². The molecule has 1 N–H and O–H groups in total. The van der Waals surface area contributed by atoms with Crippen LogP contribution in [0.4, 0.5) is 0 Å². The van der Waals surface area contributed by atoms with Crippen LogP contribution in [0.5, 0.6) is 0 Å². The lowest BCUT2D eigenvalue weighted by atomic mass is 10.0. The third-order valence-electron chi connectivity index (χ3n) is 3.58. The Morgan fingerprint density at radius 3 is 2.52 bits per heavy atom. The molecule has 0 bridgehead atoms. The molecule has 0 saturated carbocycles. The summed E-state index contributed by atoms with van der Waals surface area (Å²) in [6.45, 7) is 8.07. The van der Waals surface area contributed by atoms with Gasteiger partial charge in [-0.15, -0.1) is 0 Å². The van der Waals surface area contributed by atoms with Crippen LogP contribution < -0.4 is 0 Å². The third kappa shape index (κ3) is 2.84. The molecule has 0 unspecified atom stereocenters. The summed E-state index contributed by atoms with van der Waals surface area (Å²) < 4.78 is 1.81. The molecular weight excluding hydrogens is 264 g/mol. The van der Waals surface area contributed by atoms with E-state index in [2.05, 4.69) is 5.10 Å². The maximum absolute atomic E-state index is 11.7. The molecule has 0 aliphatic heterocycles. The van der Waals surface area contributed by atoms with E-state index in [-0.39, 0.29) is 5.92 Å². The molecule has 4 heteroatoms. The van der Waals surface area contributed by atoms with Gasteiger partial charge in [-0.05, 0) is 30.9 Å². The van der Waals surface area contributed by atoms with E-state index in [0.717, 1.165) is 23.4 Å². The SMILES string of the molecule is CCCc1nn(-c2ccccc2C)c(C(C)C)c1C(=O)O. The van der Waals surface area contributed by atoms with Crippen molar-refractivity contribution in [3.63, 3.8) is 0 Å². The van der Waals surface area contributed by atoms with E-state index in [4.69, 9.17) is 0 Å². The van der Waals surface area contributed by atoms with E-state index in [1.54, 1.807) is 0 Å². The Labute approximate surface area is 125 Å². The van der Waals surface area contributed by atoms with Crippen molar-refractivity contribution in [3.05, 3.63) is 46.8 Å². The fraction of sp³-hybridized carbons (Fsp3) is 0.412. The number of aryl methyl sites for hydroxylation is 2. The molecule has 0 radical (unpaired) electrons. The van der Waals surface area contributed by atoms with Crippen molar-refractivity contribution in [2.24, 2.45) is 0 Å². The second kappa shape index (κ2) is 6.12. The first-order valence-corrected chi connectivity index (χ1v) is 7.38. The van der Waals surface area contributed by atoms with Crippen LogP contribution in [0, 0.1) is 6.92 Å². The van der Waals surface area contributed by atoms with Crippen LogP contribution in [-0.4, -0.2) is 20.9 Å². The van der Waals surface area contributed by atoms with Crippen molar-refractivity contribution in [2.75, 3.05) is 0 Å². The molecule has 1 heterocycles. The van der Waals surface area contributed by atoms with Gasteiger partial charge < -0.3 is 5.11 Å². The molecule has 0 atom stereocenters. The number of hydrogen-bond donors (Lipinski definition) is 1. The maximum Gasteiger partial charge on any atom is 0.339 e. The van der Waals surface area contributed by atoms with Crippen LogP contribution in [-0.2, 0) is 6.42 Å². The quantitative estimate of drug-likeness (QED) is 0.905. The number of carboxylic acid groups (broad SMARTS) is 1. The van der Waals surface area contributed by atoms with Gasteiger partial charge in [0.15, 0.2) is 0 Å². The molecule has 21 heavy (non-hydrogen) atoms. The fourth-order valence-corrected chi connectivity index (χ4v) is 2.64. The predicted molar refractivity (Wildman–Crippen MR) is 83.3 cm³/mol. The number of carboxylic acids is 1. The number of aromatic nitrogens is 2. The minimum absolute atomic E-state index is 0.0915. The summed E-state index contributed by atoms with van der Waals surface area (Å²) in [6, 6.07) is 7.92. The van der Waals surface area contributed by atoms with Crippen molar-refractivity contribution in [3.8, 4) is 5.69 Å². The van der Waals surface area contributed by atoms with Crippen LogP contribution >= 0.6 is 0 Å². The summed E-state index contributed by atoms with van der Waals surface area (Å²) in [4.78, 5) is 11.7. The average molecular weight is 286 g/mol. The lowest BCUT2D eigenvalue weighted by Gasteiger charge is -2.13. The predicted octanol–water partition coefficient (Wildman–Crippen LogP) is 3.95. The van der Waals surface area contributed by atoms with Crippen LogP contribution in [0.25, 0.3) is 5.69 Å². The van der Waals surface area contributed by atoms with Crippen molar-refractivity contribution < 1.29 is 9.90 Å². The number of nitrogens with zero attached hydrogens (tertiary/aromatic N) is 2. The van der Waals surface area contributed by atoms with Gasteiger partial charge in [0.1, 0.15) is 5.56 Å². The zero-order valence-electron chi connectivity index (χ0n) is 13.1. The van der Waals surface area contributed by atoms with Gasteiger partial charge in [0, 0.05) is 0 Å². The van der Waals surface area contributed by atoms with Crippen LogP contribution in [0.1, 0.15) is 60.4 Å². The highest BCUT2D eigenvalue weighted by Gasteiger charge is 2.25. The molecule has 0 saturated heterocycles.